The quantitative estimate of drug-likeness (QED) is 0.729. The SMILES string of the molecule is [2H]c1c([2H])c([2H])c2c(c1[2H])C(=C1C([2H])([2H])C([2H])([2H])N(C([2H])([2H])[2H])C([2H])([2H])C1([2H])[2H])c1ccsc1C(=O)C2([2H])[2H]. The Morgan fingerprint density at radius 3 is 2.91 bits per heavy atom. The molecule has 3 heteroatoms. The van der Waals surface area contributed by atoms with E-state index in [0.29, 0.717) is 11.3 Å². The summed E-state index contributed by atoms with van der Waals surface area (Å²) in [4.78, 5) is 12.4. The summed E-state index contributed by atoms with van der Waals surface area (Å²) in [6.45, 7) is -11.3. The molecule has 2 aromatic rings. The lowest BCUT2D eigenvalue weighted by molar-refractivity contribution is 0.0997. The van der Waals surface area contributed by atoms with Gasteiger partial charge in [-0.05, 0) is 47.9 Å². The van der Waals surface area contributed by atoms with E-state index in [2.05, 4.69) is 0 Å². The number of Topliss-reactive ketones (excluding diaryl/α,β-unsaturated/α-hetero) is 1. The van der Waals surface area contributed by atoms with Crippen molar-refractivity contribution in [1.82, 2.24) is 4.90 Å². The molecule has 1 aromatic heterocycles. The largest absolute Gasteiger partial charge is 0.306 e. The first-order valence-corrected chi connectivity index (χ1v) is 7.07. The van der Waals surface area contributed by atoms with Crippen molar-refractivity contribution in [3.63, 3.8) is 0 Å². The first-order chi connectivity index (χ1) is 17.4. The van der Waals surface area contributed by atoms with Crippen LogP contribution in [0.15, 0.2) is 41.2 Å². The van der Waals surface area contributed by atoms with Crippen molar-refractivity contribution in [3.8, 4) is 0 Å². The molecule has 2 nitrogen and oxygen atoms in total. The second-order valence-electron chi connectivity index (χ2n) is 4.43. The molecule has 2 heterocycles. The molecule has 4 rings (SSSR count). The van der Waals surface area contributed by atoms with Crippen LogP contribution in [0.2, 0.25) is 0 Å². The summed E-state index contributed by atoms with van der Waals surface area (Å²) in [6.07, 6.45) is -10.6. The molecule has 1 aliphatic carbocycles. The van der Waals surface area contributed by atoms with Crippen molar-refractivity contribution in [3.05, 3.63) is 62.8 Å². The molecular formula is C19H19NOS. The van der Waals surface area contributed by atoms with Gasteiger partial charge in [-0.3, -0.25) is 4.79 Å². The molecule has 0 unspecified atom stereocenters. The average Bonchev–Trinajstić information content (AvgIpc) is 3.21. The summed E-state index contributed by atoms with van der Waals surface area (Å²) < 4.78 is 142. The van der Waals surface area contributed by atoms with Crippen LogP contribution in [-0.4, -0.2) is 30.7 Å². The van der Waals surface area contributed by atoms with Gasteiger partial charge in [0.2, 0.25) is 0 Å². The predicted octanol–water partition coefficient (Wildman–Crippen LogP) is 4.01. The van der Waals surface area contributed by atoms with Gasteiger partial charge >= 0.3 is 0 Å². The molecule has 1 saturated heterocycles. The fourth-order valence-electron chi connectivity index (χ4n) is 2.25. The highest BCUT2D eigenvalue weighted by Gasteiger charge is 2.27. The van der Waals surface area contributed by atoms with E-state index in [1.165, 1.54) is 5.38 Å². The van der Waals surface area contributed by atoms with Crippen molar-refractivity contribution in [2.24, 2.45) is 0 Å². The number of carbonyl (C=O) groups is 1. The van der Waals surface area contributed by atoms with Crippen molar-refractivity contribution < 1.29 is 28.1 Å². The molecule has 0 radical (unpaired) electrons. The summed E-state index contributed by atoms with van der Waals surface area (Å²) in [5, 5.41) is 1.25. The third-order valence-corrected chi connectivity index (χ3v) is 4.07. The van der Waals surface area contributed by atoms with Crippen LogP contribution in [0.5, 0.6) is 0 Å². The smallest absolute Gasteiger partial charge is 0.177 e. The highest BCUT2D eigenvalue weighted by atomic mass is 32.1. The minimum Gasteiger partial charge on any atom is -0.306 e. The topological polar surface area (TPSA) is 20.3 Å². The number of hydrogen-bond donors (Lipinski definition) is 0. The Hall–Kier alpha value is -1.71. The van der Waals surface area contributed by atoms with Crippen LogP contribution in [0.3, 0.4) is 0 Å². The summed E-state index contributed by atoms with van der Waals surface area (Å²) in [5.74, 6) is -1.29. The number of piperidine rings is 1. The summed E-state index contributed by atoms with van der Waals surface area (Å²) in [7, 11) is 0. The Morgan fingerprint density at radius 1 is 1.27 bits per heavy atom. The monoisotopic (exact) mass is 326 g/mol. The van der Waals surface area contributed by atoms with Gasteiger partial charge in [-0.1, -0.05) is 29.7 Å². The van der Waals surface area contributed by atoms with Crippen LogP contribution in [-0.2, 0) is 6.37 Å². The number of thiophene rings is 1. The van der Waals surface area contributed by atoms with E-state index < -0.39 is 107 Å². The summed E-state index contributed by atoms with van der Waals surface area (Å²) in [6, 6.07) is -2.80. The van der Waals surface area contributed by atoms with Gasteiger partial charge in [0.05, 0.1) is 10.4 Å². The first-order valence-electron chi connectivity index (χ1n) is 14.7. The number of hydrogen-bond acceptors (Lipinski definition) is 3. The van der Waals surface area contributed by atoms with Gasteiger partial charge in [0.15, 0.2) is 5.78 Å². The molecule has 0 spiro atoms. The lowest BCUT2D eigenvalue weighted by atomic mass is 9.88. The van der Waals surface area contributed by atoms with Gasteiger partial charge in [-0.15, -0.1) is 11.3 Å². The Labute approximate surface area is 159 Å². The Kier molecular flexibility index (Phi) is 1.16. The van der Waals surface area contributed by atoms with E-state index in [0.717, 1.165) is 6.07 Å². The third-order valence-electron chi connectivity index (χ3n) is 3.15. The van der Waals surface area contributed by atoms with Crippen LogP contribution in [0.25, 0.3) is 5.57 Å². The zero-order valence-corrected chi connectivity index (χ0v) is 11.7. The Balaban J connectivity index is 2.37. The van der Waals surface area contributed by atoms with E-state index >= 15 is 0 Å². The van der Waals surface area contributed by atoms with Gasteiger partial charge in [-0.2, -0.15) is 0 Å². The highest BCUT2D eigenvalue weighted by molar-refractivity contribution is 7.12. The number of carbonyl (C=O) groups excluding carboxylic acids is 1. The van der Waals surface area contributed by atoms with Crippen LogP contribution >= 0.6 is 11.3 Å². The molecule has 1 aromatic carbocycles. The second kappa shape index (κ2) is 5.49. The molecule has 112 valence electrons. The molecule has 0 bridgehead atoms. The predicted molar refractivity (Wildman–Crippen MR) is 91.5 cm³/mol. The standard InChI is InChI=1S/C19H19NOS/c1-20-9-6-13(7-10-20)18-15-5-3-2-4-14(15)12-17(21)19-16(18)8-11-22-19/h2-5,8,11H,6-7,9-10,12H2,1H3/i1D3,2D,3D,4D,5D,6D2,7D2,9D2,10D2,12D2. The van der Waals surface area contributed by atoms with E-state index in [-0.39, 0.29) is 0 Å². The van der Waals surface area contributed by atoms with Gasteiger partial charge in [0.1, 0.15) is 0 Å². The molecule has 1 fully saturated rings. The molecule has 2 aliphatic rings. The van der Waals surface area contributed by atoms with Crippen LogP contribution in [0.1, 0.15) is 62.4 Å². The van der Waals surface area contributed by atoms with E-state index in [1.807, 2.05) is 0 Å². The summed E-state index contributed by atoms with van der Waals surface area (Å²) in [5.41, 5.74) is -4.45. The lowest BCUT2D eigenvalue weighted by Crippen LogP contribution is -2.27. The molecule has 0 atom stereocenters. The van der Waals surface area contributed by atoms with Gasteiger partial charge in [-0.25, -0.2) is 0 Å². The number of nitrogens with zero attached hydrogens (tertiary/aromatic N) is 1. The molecule has 1 aliphatic heterocycles. The Morgan fingerprint density at radius 2 is 2.09 bits per heavy atom. The maximum Gasteiger partial charge on any atom is 0.177 e. The van der Waals surface area contributed by atoms with Crippen LogP contribution in [0, 0.1) is 0 Å². The molecule has 0 N–H and O–H groups in total. The number of fused-ring (bicyclic) bond motifs is 2. The van der Waals surface area contributed by atoms with Crippen molar-refractivity contribution in [1.29, 1.82) is 0 Å². The normalized spacial score (nSPS) is 42.2. The fourth-order valence-corrected chi connectivity index (χ4v) is 3.04. The number of rotatable bonds is 0. The molecule has 0 saturated carbocycles. The van der Waals surface area contributed by atoms with Crippen molar-refractivity contribution >= 4 is 22.7 Å². The summed E-state index contributed by atoms with van der Waals surface area (Å²) >= 11 is 0.640. The lowest BCUT2D eigenvalue weighted by Gasteiger charge is -2.27. The maximum atomic E-state index is 13.4. The molecule has 22 heavy (non-hydrogen) atoms. The molecule has 0 amide bonds. The zero-order chi connectivity index (χ0) is 30.0. The average molecular weight is 327 g/mol. The number of likely N-dealkylation sites (tertiary alicyclic amines) is 1. The van der Waals surface area contributed by atoms with Gasteiger partial charge < -0.3 is 4.90 Å². The van der Waals surface area contributed by atoms with Gasteiger partial charge in [0, 0.05) is 42.7 Å². The Bertz CT molecular complexity index is 1420. The van der Waals surface area contributed by atoms with Gasteiger partial charge in [0.25, 0.3) is 0 Å². The zero-order valence-electron chi connectivity index (χ0n) is 27.9. The van der Waals surface area contributed by atoms with E-state index in [9.17, 15) is 4.79 Å². The van der Waals surface area contributed by atoms with Crippen LogP contribution < -0.4 is 0 Å². The third kappa shape index (κ3) is 2.25. The van der Waals surface area contributed by atoms with Crippen molar-refractivity contribution in [2.45, 2.75) is 19.1 Å². The van der Waals surface area contributed by atoms with Crippen molar-refractivity contribution in [2.75, 3.05) is 20.0 Å². The maximum absolute atomic E-state index is 13.4. The first kappa shape index (κ1) is 4.65. The van der Waals surface area contributed by atoms with E-state index in [4.69, 9.17) is 23.3 Å². The fraction of sp³-hybridized carbons (Fsp3) is 0.316. The van der Waals surface area contributed by atoms with Crippen LogP contribution in [0.4, 0.5) is 0 Å². The van der Waals surface area contributed by atoms with E-state index in [1.54, 1.807) is 0 Å². The molecular weight excluding hydrogens is 290 g/mol. The number of benzene rings is 1. The highest BCUT2D eigenvalue weighted by Crippen LogP contribution is 2.40. The number of ketones is 1. The minimum absolute atomic E-state index is 0.408. The second-order valence-corrected chi connectivity index (χ2v) is 5.34. The minimum atomic E-state index is -3.79.